The van der Waals surface area contributed by atoms with Gasteiger partial charge in [0.2, 0.25) is 0 Å². The number of hydrogen-bond donors (Lipinski definition) is 1. The molecule has 1 N–H and O–H groups in total. The first-order valence-corrected chi connectivity index (χ1v) is 9.48. The molecule has 0 radical (unpaired) electrons. The molecule has 1 fully saturated rings. The SMILES string of the molecule is Cc1ccc(CNC(=O)c2cccc3c2C(=O)N(CC2CCCO2)C3)cc1. The van der Waals surface area contributed by atoms with Gasteiger partial charge >= 0.3 is 0 Å². The molecule has 1 saturated heterocycles. The molecule has 2 aromatic rings. The van der Waals surface area contributed by atoms with Crippen molar-refractivity contribution in [3.05, 3.63) is 70.3 Å². The van der Waals surface area contributed by atoms with E-state index in [0.717, 1.165) is 30.6 Å². The van der Waals surface area contributed by atoms with Crippen molar-refractivity contribution < 1.29 is 14.3 Å². The third-order valence-electron chi connectivity index (χ3n) is 5.28. The number of benzene rings is 2. The maximum Gasteiger partial charge on any atom is 0.255 e. The van der Waals surface area contributed by atoms with Crippen LogP contribution in [0.15, 0.2) is 42.5 Å². The second kappa shape index (κ2) is 7.53. The van der Waals surface area contributed by atoms with Gasteiger partial charge in [0.05, 0.1) is 17.2 Å². The number of hydrogen-bond acceptors (Lipinski definition) is 3. The second-order valence-electron chi connectivity index (χ2n) is 7.33. The Kier molecular flexibility index (Phi) is 4.94. The summed E-state index contributed by atoms with van der Waals surface area (Å²) >= 11 is 0. The first kappa shape index (κ1) is 17.7. The van der Waals surface area contributed by atoms with E-state index in [4.69, 9.17) is 4.74 Å². The molecule has 5 nitrogen and oxygen atoms in total. The van der Waals surface area contributed by atoms with Crippen LogP contribution in [0, 0.1) is 6.92 Å². The highest BCUT2D eigenvalue weighted by molar-refractivity contribution is 6.09. The lowest BCUT2D eigenvalue weighted by Gasteiger charge is -2.19. The van der Waals surface area contributed by atoms with Gasteiger partial charge in [-0.2, -0.15) is 0 Å². The monoisotopic (exact) mass is 364 g/mol. The van der Waals surface area contributed by atoms with Crippen molar-refractivity contribution in [3.8, 4) is 0 Å². The molecule has 2 aliphatic rings. The molecule has 1 unspecified atom stereocenters. The average Bonchev–Trinajstić information content (AvgIpc) is 3.30. The molecule has 140 valence electrons. The number of aryl methyl sites for hydroxylation is 1. The maximum atomic E-state index is 12.9. The third kappa shape index (κ3) is 3.74. The largest absolute Gasteiger partial charge is 0.376 e. The van der Waals surface area contributed by atoms with Crippen LogP contribution in [-0.2, 0) is 17.8 Å². The molecule has 2 heterocycles. The highest BCUT2D eigenvalue weighted by Gasteiger charge is 2.33. The van der Waals surface area contributed by atoms with Gasteiger partial charge in [0.15, 0.2) is 0 Å². The van der Waals surface area contributed by atoms with Crippen molar-refractivity contribution in [2.45, 2.75) is 39.0 Å². The number of nitrogens with zero attached hydrogens (tertiary/aromatic N) is 1. The Morgan fingerprint density at radius 1 is 1.22 bits per heavy atom. The predicted octanol–water partition coefficient (Wildman–Crippen LogP) is 3.06. The number of fused-ring (bicyclic) bond motifs is 1. The molecule has 2 amide bonds. The second-order valence-corrected chi connectivity index (χ2v) is 7.33. The minimum atomic E-state index is -0.209. The Balaban J connectivity index is 1.47. The van der Waals surface area contributed by atoms with E-state index in [1.54, 1.807) is 11.0 Å². The fourth-order valence-electron chi connectivity index (χ4n) is 3.77. The van der Waals surface area contributed by atoms with Crippen molar-refractivity contribution in [1.82, 2.24) is 10.2 Å². The third-order valence-corrected chi connectivity index (χ3v) is 5.28. The van der Waals surface area contributed by atoms with Crippen LogP contribution in [0.2, 0.25) is 0 Å². The summed E-state index contributed by atoms with van der Waals surface area (Å²) in [6.07, 6.45) is 2.15. The van der Waals surface area contributed by atoms with Gasteiger partial charge in [-0.25, -0.2) is 0 Å². The highest BCUT2D eigenvalue weighted by Crippen LogP contribution is 2.27. The van der Waals surface area contributed by atoms with Gasteiger partial charge in [-0.05, 0) is 37.0 Å². The Bertz CT molecular complexity index is 854. The lowest BCUT2D eigenvalue weighted by atomic mass is 10.0. The average molecular weight is 364 g/mol. The molecule has 0 aliphatic carbocycles. The predicted molar refractivity (Wildman–Crippen MR) is 103 cm³/mol. The van der Waals surface area contributed by atoms with E-state index in [2.05, 4.69) is 5.32 Å². The zero-order valence-corrected chi connectivity index (χ0v) is 15.5. The Labute approximate surface area is 159 Å². The van der Waals surface area contributed by atoms with Crippen LogP contribution in [0.4, 0.5) is 0 Å². The molecule has 4 rings (SSSR count). The first-order valence-electron chi connectivity index (χ1n) is 9.48. The molecular formula is C22H24N2O3. The van der Waals surface area contributed by atoms with Gasteiger partial charge in [-0.15, -0.1) is 0 Å². The molecule has 0 aromatic heterocycles. The van der Waals surface area contributed by atoms with Crippen molar-refractivity contribution in [2.75, 3.05) is 13.2 Å². The number of amides is 2. The molecule has 0 bridgehead atoms. The summed E-state index contributed by atoms with van der Waals surface area (Å²) in [5, 5.41) is 2.94. The van der Waals surface area contributed by atoms with Gasteiger partial charge in [-0.1, -0.05) is 42.0 Å². The van der Waals surface area contributed by atoms with Gasteiger partial charge in [0, 0.05) is 26.2 Å². The normalized spacial score (nSPS) is 18.6. The van der Waals surface area contributed by atoms with Crippen molar-refractivity contribution >= 4 is 11.8 Å². The summed E-state index contributed by atoms with van der Waals surface area (Å²) in [7, 11) is 0. The van der Waals surface area contributed by atoms with Gasteiger partial charge in [0.1, 0.15) is 0 Å². The van der Waals surface area contributed by atoms with Gasteiger partial charge in [-0.3, -0.25) is 9.59 Å². The standard InChI is InChI=1S/C22H24N2O3/c1-15-7-9-16(10-8-15)12-23-21(25)19-6-2-4-17-13-24(22(26)20(17)19)14-18-5-3-11-27-18/h2,4,6-10,18H,3,5,11-14H2,1H3,(H,23,25). The summed E-state index contributed by atoms with van der Waals surface area (Å²) in [6, 6.07) is 13.6. The van der Waals surface area contributed by atoms with E-state index in [-0.39, 0.29) is 17.9 Å². The van der Waals surface area contributed by atoms with E-state index in [1.165, 1.54) is 5.56 Å². The van der Waals surface area contributed by atoms with Gasteiger partial charge in [0.25, 0.3) is 11.8 Å². The lowest BCUT2D eigenvalue weighted by Crippen LogP contribution is -2.33. The van der Waals surface area contributed by atoms with Crippen LogP contribution in [0.3, 0.4) is 0 Å². The first-order chi connectivity index (χ1) is 13.1. The summed E-state index contributed by atoms with van der Waals surface area (Å²) in [4.78, 5) is 27.4. The topological polar surface area (TPSA) is 58.6 Å². The quantitative estimate of drug-likeness (QED) is 0.887. The zero-order chi connectivity index (χ0) is 18.8. The molecule has 5 heteroatoms. The minimum Gasteiger partial charge on any atom is -0.376 e. The molecule has 2 aliphatic heterocycles. The fraction of sp³-hybridized carbons (Fsp3) is 0.364. The molecule has 1 atom stereocenters. The molecule has 0 saturated carbocycles. The fourth-order valence-corrected chi connectivity index (χ4v) is 3.77. The maximum absolute atomic E-state index is 12.9. The summed E-state index contributed by atoms with van der Waals surface area (Å²) in [5.74, 6) is -0.277. The zero-order valence-electron chi connectivity index (χ0n) is 15.5. The van der Waals surface area contributed by atoms with Crippen molar-refractivity contribution in [3.63, 3.8) is 0 Å². The highest BCUT2D eigenvalue weighted by atomic mass is 16.5. The lowest BCUT2D eigenvalue weighted by molar-refractivity contribution is 0.0544. The molecule has 27 heavy (non-hydrogen) atoms. The Morgan fingerprint density at radius 2 is 2.04 bits per heavy atom. The van der Waals surface area contributed by atoms with Crippen LogP contribution in [0.5, 0.6) is 0 Å². The number of ether oxygens (including phenoxy) is 1. The summed E-state index contributed by atoms with van der Waals surface area (Å²) in [6.45, 7) is 4.39. The van der Waals surface area contributed by atoms with Gasteiger partial charge < -0.3 is 15.0 Å². The number of nitrogens with one attached hydrogen (secondary N) is 1. The minimum absolute atomic E-state index is 0.0680. The molecule has 2 aromatic carbocycles. The van der Waals surface area contributed by atoms with E-state index in [1.807, 2.05) is 43.3 Å². The van der Waals surface area contributed by atoms with Crippen molar-refractivity contribution in [1.29, 1.82) is 0 Å². The smallest absolute Gasteiger partial charge is 0.255 e. The van der Waals surface area contributed by atoms with Crippen molar-refractivity contribution in [2.24, 2.45) is 0 Å². The molecule has 0 spiro atoms. The summed E-state index contributed by atoms with van der Waals surface area (Å²) < 4.78 is 5.66. The van der Waals surface area contributed by atoms with Crippen LogP contribution in [-0.4, -0.2) is 36.0 Å². The van der Waals surface area contributed by atoms with Crippen LogP contribution in [0.1, 0.15) is 50.2 Å². The van der Waals surface area contributed by atoms with Crippen LogP contribution < -0.4 is 5.32 Å². The van der Waals surface area contributed by atoms with E-state index in [0.29, 0.717) is 30.8 Å². The van der Waals surface area contributed by atoms with Crippen LogP contribution in [0.25, 0.3) is 0 Å². The van der Waals surface area contributed by atoms with Crippen LogP contribution >= 0.6 is 0 Å². The number of carbonyl (C=O) groups is 2. The van der Waals surface area contributed by atoms with E-state index in [9.17, 15) is 9.59 Å². The molecular weight excluding hydrogens is 340 g/mol. The Morgan fingerprint density at radius 3 is 2.78 bits per heavy atom. The van der Waals surface area contributed by atoms with E-state index >= 15 is 0 Å². The summed E-state index contributed by atoms with van der Waals surface area (Å²) in [5.41, 5.74) is 4.13. The Hall–Kier alpha value is -2.66. The number of carbonyl (C=O) groups excluding carboxylic acids is 2. The number of rotatable bonds is 5. The van der Waals surface area contributed by atoms with E-state index < -0.39 is 0 Å².